The summed E-state index contributed by atoms with van der Waals surface area (Å²) >= 11 is 0. The van der Waals surface area contributed by atoms with E-state index in [2.05, 4.69) is 60.7 Å². The van der Waals surface area contributed by atoms with E-state index < -0.39 is 0 Å². The average Bonchev–Trinajstić information content (AvgIpc) is 3.36. The number of carbonyl (C=O) groups excluding carboxylic acids is 2. The summed E-state index contributed by atoms with van der Waals surface area (Å²) < 4.78 is 0. The quantitative estimate of drug-likeness (QED) is 0.687. The minimum atomic E-state index is -0.235. The van der Waals surface area contributed by atoms with Gasteiger partial charge in [0.1, 0.15) is 0 Å². The number of hydrogen-bond donors (Lipinski definition) is 2. The Morgan fingerprint density at radius 3 is 2.43 bits per heavy atom. The van der Waals surface area contributed by atoms with Crippen LogP contribution in [0.25, 0.3) is 0 Å². The predicted octanol–water partition coefficient (Wildman–Crippen LogP) is 2.68. The molecule has 0 radical (unpaired) electrons. The van der Waals surface area contributed by atoms with Crippen LogP contribution in [0, 0.1) is 5.92 Å². The van der Waals surface area contributed by atoms with Gasteiger partial charge in [0.2, 0.25) is 11.8 Å². The third kappa shape index (κ3) is 5.34. The minimum Gasteiger partial charge on any atom is -0.353 e. The smallest absolute Gasteiger partial charge is 0.224 e. The molecule has 0 unspecified atom stereocenters. The Bertz CT molecular complexity index is 682. The summed E-state index contributed by atoms with van der Waals surface area (Å²) in [6.45, 7) is 5.82. The Labute approximate surface area is 169 Å². The SMILES string of the molecule is CCCCc1ccc(CC(=O)NC2(CNC(=O)[C@@H]3CCN(C)[C@@H]3C)CC2)cc1. The molecule has 2 atom stereocenters. The number of rotatable bonds is 9. The van der Waals surface area contributed by atoms with Crippen molar-refractivity contribution in [3.05, 3.63) is 35.4 Å². The Morgan fingerprint density at radius 1 is 1.18 bits per heavy atom. The first-order chi connectivity index (χ1) is 13.4. The summed E-state index contributed by atoms with van der Waals surface area (Å²) in [5, 5.41) is 6.26. The van der Waals surface area contributed by atoms with Crippen LogP contribution < -0.4 is 10.6 Å². The zero-order chi connectivity index (χ0) is 20.1. The van der Waals surface area contributed by atoms with Crippen molar-refractivity contribution in [2.24, 2.45) is 5.92 Å². The molecule has 1 aliphatic carbocycles. The number of nitrogens with one attached hydrogen (secondary N) is 2. The largest absolute Gasteiger partial charge is 0.353 e. The lowest BCUT2D eigenvalue weighted by Gasteiger charge is -2.22. The van der Waals surface area contributed by atoms with Crippen LogP contribution in [0.1, 0.15) is 57.1 Å². The van der Waals surface area contributed by atoms with Crippen LogP contribution in [0.15, 0.2) is 24.3 Å². The van der Waals surface area contributed by atoms with Crippen molar-refractivity contribution in [3.63, 3.8) is 0 Å². The number of hydrogen-bond acceptors (Lipinski definition) is 3. The van der Waals surface area contributed by atoms with Crippen LogP contribution in [0.3, 0.4) is 0 Å². The van der Waals surface area contributed by atoms with Crippen molar-refractivity contribution in [1.82, 2.24) is 15.5 Å². The molecule has 5 nitrogen and oxygen atoms in total. The van der Waals surface area contributed by atoms with Gasteiger partial charge in [0.25, 0.3) is 0 Å². The van der Waals surface area contributed by atoms with Gasteiger partial charge in [-0.3, -0.25) is 9.59 Å². The van der Waals surface area contributed by atoms with E-state index in [4.69, 9.17) is 0 Å². The van der Waals surface area contributed by atoms with E-state index in [1.54, 1.807) is 0 Å². The molecule has 0 spiro atoms. The predicted molar refractivity (Wildman–Crippen MR) is 112 cm³/mol. The fourth-order valence-electron chi connectivity index (χ4n) is 4.06. The van der Waals surface area contributed by atoms with E-state index in [-0.39, 0.29) is 29.3 Å². The summed E-state index contributed by atoms with van der Waals surface area (Å²) in [5.74, 6) is 0.227. The van der Waals surface area contributed by atoms with Crippen molar-refractivity contribution in [2.45, 2.75) is 70.4 Å². The second kappa shape index (κ2) is 9.08. The maximum Gasteiger partial charge on any atom is 0.224 e. The molecule has 2 fully saturated rings. The molecular formula is C23H35N3O2. The van der Waals surface area contributed by atoms with E-state index in [9.17, 15) is 9.59 Å². The van der Waals surface area contributed by atoms with Crippen LogP contribution >= 0.6 is 0 Å². The van der Waals surface area contributed by atoms with E-state index in [1.165, 1.54) is 18.4 Å². The van der Waals surface area contributed by atoms with E-state index in [0.717, 1.165) is 37.8 Å². The summed E-state index contributed by atoms with van der Waals surface area (Å²) in [4.78, 5) is 27.2. The third-order valence-electron chi connectivity index (χ3n) is 6.47. The summed E-state index contributed by atoms with van der Waals surface area (Å²) in [7, 11) is 2.07. The maximum atomic E-state index is 12.5. The molecule has 1 saturated heterocycles. The molecule has 1 aromatic rings. The van der Waals surface area contributed by atoms with Gasteiger partial charge in [-0.2, -0.15) is 0 Å². The normalized spacial score (nSPS) is 23.4. The molecule has 5 heteroatoms. The number of benzene rings is 1. The summed E-state index contributed by atoms with van der Waals surface area (Å²) in [6.07, 6.45) is 6.68. The molecule has 1 saturated carbocycles. The van der Waals surface area contributed by atoms with Crippen molar-refractivity contribution in [2.75, 3.05) is 20.1 Å². The van der Waals surface area contributed by atoms with Crippen LogP contribution in [0.4, 0.5) is 0 Å². The highest BCUT2D eigenvalue weighted by atomic mass is 16.2. The Balaban J connectivity index is 1.44. The Hall–Kier alpha value is -1.88. The van der Waals surface area contributed by atoms with Gasteiger partial charge in [-0.25, -0.2) is 0 Å². The molecule has 2 amide bonds. The molecule has 1 heterocycles. The average molecular weight is 386 g/mol. The first kappa shape index (κ1) is 20.8. The van der Waals surface area contributed by atoms with Gasteiger partial charge in [-0.1, -0.05) is 37.6 Å². The zero-order valence-electron chi connectivity index (χ0n) is 17.6. The molecule has 1 aromatic carbocycles. The molecule has 1 aliphatic heterocycles. The lowest BCUT2D eigenvalue weighted by Crippen LogP contribution is -2.48. The standard InChI is InChI=1S/C23H35N3O2/c1-4-5-6-18-7-9-19(10-8-18)15-21(27)25-23(12-13-23)16-24-22(28)20-11-14-26(3)17(20)2/h7-10,17,20H,4-6,11-16H2,1-3H3,(H,24,28)(H,25,27)/t17-,20-/m1/s1. The molecule has 2 aliphatic rings. The van der Waals surface area contributed by atoms with E-state index in [1.807, 2.05) is 0 Å². The lowest BCUT2D eigenvalue weighted by molar-refractivity contribution is -0.126. The van der Waals surface area contributed by atoms with Crippen molar-refractivity contribution >= 4 is 11.8 Å². The number of unbranched alkanes of at least 4 members (excludes halogenated alkanes) is 1. The highest BCUT2D eigenvalue weighted by molar-refractivity contribution is 5.81. The van der Waals surface area contributed by atoms with Gasteiger partial charge in [-0.15, -0.1) is 0 Å². The lowest BCUT2D eigenvalue weighted by atomic mass is 10.0. The van der Waals surface area contributed by atoms with E-state index >= 15 is 0 Å². The van der Waals surface area contributed by atoms with Crippen LogP contribution in [0.5, 0.6) is 0 Å². The van der Waals surface area contributed by atoms with Crippen molar-refractivity contribution in [3.8, 4) is 0 Å². The van der Waals surface area contributed by atoms with Gasteiger partial charge in [0, 0.05) is 12.6 Å². The Kier molecular flexibility index (Phi) is 6.76. The van der Waals surface area contributed by atoms with Crippen LogP contribution in [-0.4, -0.2) is 48.4 Å². The molecule has 28 heavy (non-hydrogen) atoms. The molecule has 2 N–H and O–H groups in total. The number of likely N-dealkylation sites (tertiary alicyclic amines) is 1. The van der Waals surface area contributed by atoms with Crippen LogP contribution in [0.2, 0.25) is 0 Å². The monoisotopic (exact) mass is 385 g/mol. The van der Waals surface area contributed by atoms with Crippen molar-refractivity contribution < 1.29 is 9.59 Å². The first-order valence-electron chi connectivity index (χ1n) is 10.8. The van der Waals surface area contributed by atoms with Crippen LogP contribution in [-0.2, 0) is 22.4 Å². The molecular weight excluding hydrogens is 350 g/mol. The fourth-order valence-corrected chi connectivity index (χ4v) is 4.06. The minimum absolute atomic E-state index is 0.0435. The molecule has 3 rings (SSSR count). The van der Waals surface area contributed by atoms with Crippen molar-refractivity contribution in [1.29, 1.82) is 0 Å². The summed E-state index contributed by atoms with van der Waals surface area (Å²) in [6, 6.07) is 8.66. The summed E-state index contributed by atoms with van der Waals surface area (Å²) in [5.41, 5.74) is 2.14. The number of aryl methyl sites for hydroxylation is 1. The number of amides is 2. The van der Waals surface area contributed by atoms with Gasteiger partial charge in [-0.05, 0) is 63.7 Å². The topological polar surface area (TPSA) is 61.4 Å². The number of nitrogens with zero attached hydrogens (tertiary/aromatic N) is 1. The number of carbonyl (C=O) groups is 2. The highest BCUT2D eigenvalue weighted by Crippen LogP contribution is 2.35. The zero-order valence-corrected chi connectivity index (χ0v) is 17.6. The fraction of sp³-hybridized carbons (Fsp3) is 0.652. The second-order valence-electron chi connectivity index (χ2n) is 8.76. The van der Waals surface area contributed by atoms with E-state index in [0.29, 0.717) is 13.0 Å². The van der Waals surface area contributed by atoms with Gasteiger partial charge < -0.3 is 15.5 Å². The maximum absolute atomic E-state index is 12.5. The van der Waals surface area contributed by atoms with Gasteiger partial charge in [0.15, 0.2) is 0 Å². The molecule has 154 valence electrons. The molecule has 0 bridgehead atoms. The highest BCUT2D eigenvalue weighted by Gasteiger charge is 2.45. The Morgan fingerprint density at radius 2 is 1.86 bits per heavy atom. The molecule has 0 aromatic heterocycles. The third-order valence-corrected chi connectivity index (χ3v) is 6.47. The van der Waals surface area contributed by atoms with Gasteiger partial charge >= 0.3 is 0 Å². The second-order valence-corrected chi connectivity index (χ2v) is 8.76. The van der Waals surface area contributed by atoms with Gasteiger partial charge in [0.05, 0.1) is 17.9 Å². The first-order valence-corrected chi connectivity index (χ1v) is 10.8.